The molecule has 0 aliphatic carbocycles. The fourth-order valence-electron chi connectivity index (χ4n) is 7.34. The number of benzene rings is 2. The van der Waals surface area contributed by atoms with Gasteiger partial charge in [0.15, 0.2) is 0 Å². The molecule has 0 N–H and O–H groups in total. The molecule has 16 heteroatoms. The highest BCUT2D eigenvalue weighted by Crippen LogP contribution is 2.22. The monoisotopic (exact) mass is 1020 g/mol. The Morgan fingerprint density at radius 1 is 0.231 bits per heavy atom. The van der Waals surface area contributed by atoms with Crippen molar-refractivity contribution in [3.05, 3.63) is 267 Å². The summed E-state index contributed by atoms with van der Waals surface area (Å²) in [7, 11) is 0. The van der Waals surface area contributed by atoms with Crippen LogP contribution in [0.3, 0.4) is 0 Å². The minimum Gasteiger partial charge on any atom is -0.265 e. The van der Waals surface area contributed by atoms with Crippen LogP contribution >= 0.6 is 0 Å². The van der Waals surface area contributed by atoms with E-state index < -0.39 is 0 Å². The van der Waals surface area contributed by atoms with Crippen LogP contribution in [0, 0.1) is 41.5 Å². The van der Waals surface area contributed by atoms with Crippen molar-refractivity contribution in [3.63, 3.8) is 0 Å². The van der Waals surface area contributed by atoms with Crippen molar-refractivity contribution in [2.45, 2.75) is 41.5 Å². The summed E-state index contributed by atoms with van der Waals surface area (Å²) >= 11 is 0. The van der Waals surface area contributed by atoms with E-state index in [1.54, 1.807) is 87.4 Å². The zero-order chi connectivity index (χ0) is 54.6. The Kier molecular flexibility index (Phi) is 21.3. The molecule has 12 aromatic rings. The van der Waals surface area contributed by atoms with Gasteiger partial charge in [-0.3, -0.25) is 19.9 Å². The third kappa shape index (κ3) is 16.8. The third-order valence-corrected chi connectivity index (χ3v) is 11.3. The molecular weight excluding hydrogens is 969 g/mol. The molecule has 0 radical (unpaired) electrons. The lowest BCUT2D eigenvalue weighted by Gasteiger charge is -2.02. The van der Waals surface area contributed by atoms with Gasteiger partial charge < -0.3 is 0 Å². The average molecular weight is 1030 g/mol. The standard InChI is InChI=1S/2C11H10N2.4C10H9N3/c1-9-11(7-12-8-13-9)10-5-3-2-4-6-10;1-9-7-12-8-13-11(9)10-5-3-2-4-6-10;1-8-6-12-7-13-10(8)9-2-4-11-5-3-9;1-8-5-12-7-13-10(8)9-3-2-4-11-6-9;1-8-9(6-11-7-13-8)10-4-2-3-5-12-10;1-8-6-11-7-13-10(8)9-4-2-3-5-12-9/h2*2-8H,1H3;4*2-7H,1H3. The lowest BCUT2D eigenvalue weighted by molar-refractivity contribution is 1.10. The molecule has 0 unspecified atom stereocenters. The fraction of sp³-hybridized carbons (Fsp3) is 0.0968. The minimum absolute atomic E-state index is 0.891. The Hall–Kier alpha value is -10.5. The molecule has 0 fully saturated rings. The molecule has 0 atom stereocenters. The first-order chi connectivity index (χ1) is 38.3. The van der Waals surface area contributed by atoms with E-state index in [0.717, 1.165) is 95.6 Å². The molecule has 2 aromatic carbocycles. The van der Waals surface area contributed by atoms with Crippen LogP contribution in [-0.2, 0) is 0 Å². The molecule has 384 valence electrons. The SMILES string of the molecule is Cc1cncnc1-c1ccccc1.Cc1cncnc1-c1ccccn1.Cc1cncnc1-c1cccnc1.Cc1cncnc1-c1ccncc1.Cc1ncncc1-c1ccccc1.Cc1ncncc1-c1ccccn1. The molecule has 0 saturated carbocycles. The maximum Gasteiger partial charge on any atom is 0.116 e. The van der Waals surface area contributed by atoms with Crippen molar-refractivity contribution in [2.75, 3.05) is 0 Å². The molecule has 12 rings (SSSR count). The van der Waals surface area contributed by atoms with Crippen molar-refractivity contribution < 1.29 is 0 Å². The molecule has 10 heterocycles. The first-order valence-electron chi connectivity index (χ1n) is 24.6. The number of rotatable bonds is 6. The van der Waals surface area contributed by atoms with Crippen LogP contribution in [-0.4, -0.2) is 79.7 Å². The molecule has 78 heavy (non-hydrogen) atoms. The van der Waals surface area contributed by atoms with E-state index in [0.29, 0.717) is 0 Å². The molecule has 0 spiro atoms. The van der Waals surface area contributed by atoms with Crippen LogP contribution in [0.2, 0.25) is 0 Å². The Labute approximate surface area is 454 Å². The van der Waals surface area contributed by atoms with Gasteiger partial charge in [0.1, 0.15) is 38.0 Å². The summed E-state index contributed by atoms with van der Waals surface area (Å²) in [6.45, 7) is 11.9. The Balaban J connectivity index is 0.000000136. The normalized spacial score (nSPS) is 9.92. The summed E-state index contributed by atoms with van der Waals surface area (Å²) in [4.78, 5) is 65.3. The molecule has 0 bridgehead atoms. The van der Waals surface area contributed by atoms with E-state index in [9.17, 15) is 0 Å². The maximum absolute atomic E-state index is 4.24. The summed E-state index contributed by atoms with van der Waals surface area (Å²) < 4.78 is 0. The highest BCUT2D eigenvalue weighted by Gasteiger charge is 2.06. The fourth-order valence-corrected chi connectivity index (χ4v) is 7.34. The topological polar surface area (TPSA) is 206 Å². The van der Waals surface area contributed by atoms with Gasteiger partial charge in [-0.25, -0.2) is 59.8 Å². The van der Waals surface area contributed by atoms with Gasteiger partial charge in [-0.2, -0.15) is 0 Å². The van der Waals surface area contributed by atoms with Crippen molar-refractivity contribution in [3.8, 4) is 67.5 Å². The second-order valence-corrected chi connectivity index (χ2v) is 16.9. The van der Waals surface area contributed by atoms with Crippen molar-refractivity contribution >= 4 is 0 Å². The Bertz CT molecular complexity index is 3010. The number of aromatic nitrogens is 16. The van der Waals surface area contributed by atoms with Crippen molar-refractivity contribution in [2.24, 2.45) is 0 Å². The number of nitrogens with zero attached hydrogens (tertiary/aromatic N) is 16. The number of hydrogen-bond acceptors (Lipinski definition) is 16. The molecule has 0 aliphatic rings. The van der Waals surface area contributed by atoms with Crippen LogP contribution in [0.4, 0.5) is 0 Å². The third-order valence-electron chi connectivity index (χ3n) is 11.3. The first kappa shape index (κ1) is 55.3. The largest absolute Gasteiger partial charge is 0.265 e. The van der Waals surface area contributed by atoms with Crippen LogP contribution in [0.25, 0.3) is 67.5 Å². The van der Waals surface area contributed by atoms with E-state index in [-0.39, 0.29) is 0 Å². The van der Waals surface area contributed by atoms with Gasteiger partial charge in [0.25, 0.3) is 0 Å². The van der Waals surface area contributed by atoms with Gasteiger partial charge in [-0.05, 0) is 118 Å². The second kappa shape index (κ2) is 30.0. The van der Waals surface area contributed by atoms with Gasteiger partial charge in [0, 0.05) is 108 Å². The van der Waals surface area contributed by atoms with Crippen molar-refractivity contribution in [1.82, 2.24) is 79.7 Å². The van der Waals surface area contributed by atoms with Gasteiger partial charge in [0.05, 0.1) is 39.9 Å². The summed E-state index contributed by atoms with van der Waals surface area (Å²) in [5, 5.41) is 0. The molecule has 10 aromatic heterocycles. The Morgan fingerprint density at radius 2 is 0.628 bits per heavy atom. The summed E-state index contributed by atoms with van der Waals surface area (Å²) in [5.74, 6) is 0. The summed E-state index contributed by atoms with van der Waals surface area (Å²) in [6.07, 6.45) is 30.8. The van der Waals surface area contributed by atoms with Gasteiger partial charge in [-0.1, -0.05) is 72.8 Å². The van der Waals surface area contributed by atoms with Gasteiger partial charge in [0.2, 0.25) is 0 Å². The number of hydrogen-bond donors (Lipinski definition) is 0. The lowest BCUT2D eigenvalue weighted by atomic mass is 10.1. The highest BCUT2D eigenvalue weighted by atomic mass is 14.9. The average Bonchev–Trinajstić information content (AvgIpc) is 3.50. The van der Waals surface area contributed by atoms with Crippen LogP contribution in [0.5, 0.6) is 0 Å². The number of pyridine rings is 4. The minimum atomic E-state index is 0.891. The van der Waals surface area contributed by atoms with Gasteiger partial charge in [-0.15, -0.1) is 0 Å². The van der Waals surface area contributed by atoms with Crippen LogP contribution < -0.4 is 0 Å². The highest BCUT2D eigenvalue weighted by molar-refractivity contribution is 5.65. The predicted molar refractivity (Wildman–Crippen MR) is 304 cm³/mol. The van der Waals surface area contributed by atoms with Crippen LogP contribution in [0.1, 0.15) is 33.6 Å². The quantitative estimate of drug-likeness (QED) is 0.152. The Morgan fingerprint density at radius 3 is 1.08 bits per heavy atom. The molecule has 0 saturated heterocycles. The van der Waals surface area contributed by atoms with E-state index >= 15 is 0 Å². The smallest absolute Gasteiger partial charge is 0.116 e. The van der Waals surface area contributed by atoms with E-state index in [4.69, 9.17) is 0 Å². The van der Waals surface area contributed by atoms with Gasteiger partial charge >= 0.3 is 0 Å². The van der Waals surface area contributed by atoms with E-state index in [1.165, 1.54) is 11.9 Å². The predicted octanol–water partition coefficient (Wildman–Crippen LogP) is 12.3. The molecular formula is C62H56N16. The zero-order valence-electron chi connectivity index (χ0n) is 44.1. The second-order valence-electron chi connectivity index (χ2n) is 16.9. The summed E-state index contributed by atoms with van der Waals surface area (Å²) in [5.41, 5.74) is 18.4. The molecule has 0 aliphatic heterocycles. The first-order valence-corrected chi connectivity index (χ1v) is 24.6. The van der Waals surface area contributed by atoms with Crippen LogP contribution in [0.15, 0.2) is 234 Å². The summed E-state index contributed by atoms with van der Waals surface area (Å²) in [6, 6.07) is 39.6. The lowest BCUT2D eigenvalue weighted by Crippen LogP contribution is -1.90. The molecule has 0 amide bonds. The zero-order valence-corrected chi connectivity index (χ0v) is 44.1. The number of aryl methyl sites for hydroxylation is 6. The van der Waals surface area contributed by atoms with Crippen molar-refractivity contribution in [1.29, 1.82) is 0 Å². The maximum atomic E-state index is 4.24. The van der Waals surface area contributed by atoms with E-state index in [1.807, 2.05) is 157 Å². The molecule has 16 nitrogen and oxygen atoms in total. The van der Waals surface area contributed by atoms with E-state index in [2.05, 4.69) is 104 Å².